The molecule has 2 N–H and O–H groups in total. The van der Waals surface area contributed by atoms with Crippen LogP contribution in [0.2, 0.25) is 10.0 Å². The van der Waals surface area contributed by atoms with Gasteiger partial charge in [-0.25, -0.2) is 0 Å². The van der Waals surface area contributed by atoms with Gasteiger partial charge in [-0.2, -0.15) is 0 Å². The van der Waals surface area contributed by atoms with E-state index in [1.165, 1.54) is 16.7 Å². The molecule has 0 saturated heterocycles. The second-order valence-corrected chi connectivity index (χ2v) is 8.57. The zero-order valence-corrected chi connectivity index (χ0v) is 18.0. The molecule has 150 valence electrons. The molecule has 0 saturated carbocycles. The molecule has 2 atom stereocenters. The number of rotatable bonds is 7. The number of halogens is 2. The van der Waals surface area contributed by atoms with Crippen LogP contribution in [0.1, 0.15) is 49.8 Å². The van der Waals surface area contributed by atoms with Gasteiger partial charge in [0.05, 0.1) is 0 Å². The number of anilines is 1. The van der Waals surface area contributed by atoms with Crippen molar-refractivity contribution in [2.75, 3.05) is 5.32 Å². The Morgan fingerprint density at radius 2 is 1.89 bits per heavy atom. The molecule has 2 aromatic carbocycles. The Balaban J connectivity index is 1.58. The lowest BCUT2D eigenvalue weighted by Gasteiger charge is -2.30. The highest BCUT2D eigenvalue weighted by atomic mass is 35.5. The van der Waals surface area contributed by atoms with Crippen LogP contribution in [-0.4, -0.2) is 18.0 Å². The normalized spacial score (nSPS) is 17.1. The second-order valence-electron chi connectivity index (χ2n) is 7.69. The maximum absolute atomic E-state index is 11.3. The summed E-state index contributed by atoms with van der Waals surface area (Å²) in [5, 5.41) is 8.13. The van der Waals surface area contributed by atoms with Crippen LogP contribution in [0.25, 0.3) is 0 Å². The van der Waals surface area contributed by atoms with Crippen molar-refractivity contribution in [2.45, 2.75) is 64.5 Å². The maximum atomic E-state index is 11.3. The Morgan fingerprint density at radius 1 is 1.14 bits per heavy atom. The Labute approximate surface area is 177 Å². The van der Waals surface area contributed by atoms with Crippen LogP contribution in [0.3, 0.4) is 0 Å². The maximum Gasteiger partial charge on any atom is 0.221 e. The van der Waals surface area contributed by atoms with E-state index in [9.17, 15) is 4.79 Å². The summed E-state index contributed by atoms with van der Waals surface area (Å²) in [7, 11) is 0. The monoisotopic (exact) mass is 418 g/mol. The van der Waals surface area contributed by atoms with Gasteiger partial charge in [0.1, 0.15) is 0 Å². The molecule has 5 heteroatoms. The van der Waals surface area contributed by atoms with Gasteiger partial charge in [0.25, 0.3) is 0 Å². The molecule has 1 aliphatic rings. The minimum absolute atomic E-state index is 0.0300. The van der Waals surface area contributed by atoms with Gasteiger partial charge in [-0.15, -0.1) is 0 Å². The van der Waals surface area contributed by atoms with E-state index in [2.05, 4.69) is 29.7 Å². The fourth-order valence-corrected chi connectivity index (χ4v) is 4.59. The van der Waals surface area contributed by atoms with Gasteiger partial charge in [0.15, 0.2) is 0 Å². The summed E-state index contributed by atoms with van der Waals surface area (Å²) < 4.78 is 0. The van der Waals surface area contributed by atoms with Gasteiger partial charge < -0.3 is 10.6 Å². The van der Waals surface area contributed by atoms with Crippen LogP contribution in [0.5, 0.6) is 0 Å². The minimum atomic E-state index is -0.0300. The molecule has 0 radical (unpaired) electrons. The predicted molar refractivity (Wildman–Crippen MR) is 119 cm³/mol. The average Bonchev–Trinajstić information content (AvgIpc) is 2.63. The van der Waals surface area contributed by atoms with E-state index in [0.717, 1.165) is 44.2 Å². The van der Waals surface area contributed by atoms with Crippen molar-refractivity contribution in [3.05, 3.63) is 63.1 Å². The zero-order chi connectivity index (χ0) is 20.1. The van der Waals surface area contributed by atoms with Crippen molar-refractivity contribution >= 4 is 34.8 Å². The molecule has 0 bridgehead atoms. The van der Waals surface area contributed by atoms with Gasteiger partial charge in [-0.05, 0) is 85.5 Å². The van der Waals surface area contributed by atoms with Crippen molar-refractivity contribution in [3.63, 3.8) is 0 Å². The van der Waals surface area contributed by atoms with Crippen molar-refractivity contribution in [1.29, 1.82) is 0 Å². The van der Waals surface area contributed by atoms with Crippen LogP contribution >= 0.6 is 23.2 Å². The Kier molecular flexibility index (Phi) is 7.39. The number of nitrogens with one attached hydrogen (secondary N) is 2. The third-order valence-corrected chi connectivity index (χ3v) is 5.86. The number of carbonyl (C=O) groups is 1. The van der Waals surface area contributed by atoms with Crippen molar-refractivity contribution < 1.29 is 4.79 Å². The molecule has 1 aliphatic carbocycles. The molecule has 28 heavy (non-hydrogen) atoms. The molecule has 0 aliphatic heterocycles. The van der Waals surface area contributed by atoms with E-state index >= 15 is 0 Å². The molecule has 0 fully saturated rings. The second kappa shape index (κ2) is 9.78. The Morgan fingerprint density at radius 3 is 2.57 bits per heavy atom. The largest absolute Gasteiger partial charge is 0.326 e. The lowest BCUT2D eigenvalue weighted by atomic mass is 9.87. The summed E-state index contributed by atoms with van der Waals surface area (Å²) in [4.78, 5) is 11.3. The third-order valence-electron chi connectivity index (χ3n) is 5.42. The first-order valence-corrected chi connectivity index (χ1v) is 10.8. The first-order chi connectivity index (χ1) is 13.4. The molecule has 1 amide bonds. The Hall–Kier alpha value is -1.55. The number of fused-ring (bicyclic) bond motifs is 1. The van der Waals surface area contributed by atoms with Gasteiger partial charge in [0, 0.05) is 34.7 Å². The lowest BCUT2D eigenvalue weighted by molar-refractivity contribution is -0.114. The first-order valence-electron chi connectivity index (χ1n) is 10.0. The highest BCUT2D eigenvalue weighted by Gasteiger charge is 2.21. The van der Waals surface area contributed by atoms with E-state index in [4.69, 9.17) is 23.2 Å². The first kappa shape index (κ1) is 21.2. The smallest absolute Gasteiger partial charge is 0.221 e. The van der Waals surface area contributed by atoms with Gasteiger partial charge in [-0.3, -0.25) is 4.79 Å². The summed E-state index contributed by atoms with van der Waals surface area (Å²) in [5.41, 5.74) is 4.81. The predicted octanol–water partition coefficient (Wildman–Crippen LogP) is 5.81. The lowest BCUT2D eigenvalue weighted by Crippen LogP contribution is -2.41. The summed E-state index contributed by atoms with van der Waals surface area (Å²) in [6.45, 7) is 3.77. The number of hydrogen-bond acceptors (Lipinski definition) is 2. The molecule has 0 spiro atoms. The van der Waals surface area contributed by atoms with Crippen LogP contribution < -0.4 is 10.6 Å². The van der Waals surface area contributed by atoms with Gasteiger partial charge in [0.2, 0.25) is 5.91 Å². The molecule has 3 rings (SSSR count). The van der Waals surface area contributed by atoms with Gasteiger partial charge >= 0.3 is 0 Å². The van der Waals surface area contributed by atoms with E-state index in [0.29, 0.717) is 22.1 Å². The molecule has 0 aromatic heterocycles. The van der Waals surface area contributed by atoms with E-state index in [1.54, 1.807) is 13.0 Å². The standard InChI is InChI=1S/C23H28Cl2N2O/c1-3-21(7-4-16-10-19(24)14-20(25)11-16)27-23-9-6-17-5-8-22(26-15(2)28)12-18(17)13-23/h5,8,10-12,14,21,23,27H,3-4,6-7,9,13H2,1-2H3,(H,26,28). The van der Waals surface area contributed by atoms with Crippen LogP contribution in [0, 0.1) is 0 Å². The Bertz CT molecular complexity index is 817. The SMILES string of the molecule is CCC(CCc1cc(Cl)cc(Cl)c1)NC1CCc2ccc(NC(C)=O)cc2C1. The highest BCUT2D eigenvalue weighted by Crippen LogP contribution is 2.26. The topological polar surface area (TPSA) is 41.1 Å². The minimum Gasteiger partial charge on any atom is -0.326 e. The van der Waals surface area contributed by atoms with Crippen LogP contribution in [-0.2, 0) is 24.1 Å². The summed E-state index contributed by atoms with van der Waals surface area (Å²) >= 11 is 12.2. The number of aryl methyl sites for hydroxylation is 2. The molecular formula is C23H28Cl2N2O. The number of amides is 1. The van der Waals surface area contributed by atoms with E-state index in [-0.39, 0.29) is 5.91 Å². The summed E-state index contributed by atoms with van der Waals surface area (Å²) in [5.74, 6) is -0.0300. The fourth-order valence-electron chi connectivity index (χ4n) is 4.02. The molecule has 0 heterocycles. The zero-order valence-electron chi connectivity index (χ0n) is 16.5. The average molecular weight is 419 g/mol. The molecule has 2 unspecified atom stereocenters. The fraction of sp³-hybridized carbons (Fsp3) is 0.435. The van der Waals surface area contributed by atoms with Crippen molar-refractivity contribution in [1.82, 2.24) is 5.32 Å². The number of benzene rings is 2. The molecule has 2 aromatic rings. The van der Waals surface area contributed by atoms with Crippen LogP contribution in [0.15, 0.2) is 36.4 Å². The summed E-state index contributed by atoms with van der Waals surface area (Å²) in [6, 6.07) is 13.0. The quantitative estimate of drug-likeness (QED) is 0.595. The van der Waals surface area contributed by atoms with E-state index < -0.39 is 0 Å². The van der Waals surface area contributed by atoms with Crippen molar-refractivity contribution in [3.8, 4) is 0 Å². The molecule has 3 nitrogen and oxygen atoms in total. The highest BCUT2D eigenvalue weighted by molar-refractivity contribution is 6.34. The van der Waals surface area contributed by atoms with Crippen molar-refractivity contribution in [2.24, 2.45) is 0 Å². The van der Waals surface area contributed by atoms with E-state index in [1.807, 2.05) is 18.2 Å². The number of hydrogen-bond donors (Lipinski definition) is 2. The molecular weight excluding hydrogens is 391 g/mol. The van der Waals surface area contributed by atoms with Gasteiger partial charge in [-0.1, -0.05) is 36.2 Å². The van der Waals surface area contributed by atoms with Crippen LogP contribution in [0.4, 0.5) is 5.69 Å². The number of carbonyl (C=O) groups excluding carboxylic acids is 1. The third kappa shape index (κ3) is 5.97. The summed E-state index contributed by atoms with van der Waals surface area (Å²) in [6.07, 6.45) is 6.33.